The molecule has 44 heavy (non-hydrogen) atoms. The zero-order chi connectivity index (χ0) is 31.7. The Labute approximate surface area is 261 Å². The lowest BCUT2D eigenvalue weighted by atomic mass is 10.0. The van der Waals surface area contributed by atoms with E-state index in [4.69, 9.17) is 0 Å². The van der Waals surface area contributed by atoms with Gasteiger partial charge in [-0.2, -0.15) is 0 Å². The highest BCUT2D eigenvalue weighted by Gasteiger charge is 2.34. The minimum Gasteiger partial charge on any atom is -0.354 e. The van der Waals surface area contributed by atoms with Crippen LogP contribution in [-0.2, 0) is 32.6 Å². The summed E-state index contributed by atoms with van der Waals surface area (Å²) in [5, 5.41) is 3.02. The van der Waals surface area contributed by atoms with E-state index >= 15 is 0 Å². The van der Waals surface area contributed by atoms with Gasteiger partial charge in [-0.05, 0) is 66.3 Å². The van der Waals surface area contributed by atoms with Gasteiger partial charge < -0.3 is 10.2 Å². The molecule has 0 saturated heterocycles. The summed E-state index contributed by atoms with van der Waals surface area (Å²) in [5.41, 5.74) is 3.98. The summed E-state index contributed by atoms with van der Waals surface area (Å²) in [7, 11) is -4.12. The van der Waals surface area contributed by atoms with E-state index < -0.39 is 28.5 Å². The van der Waals surface area contributed by atoms with E-state index in [2.05, 4.69) is 5.32 Å². The van der Waals surface area contributed by atoms with Crippen molar-refractivity contribution in [3.63, 3.8) is 0 Å². The van der Waals surface area contributed by atoms with Gasteiger partial charge in [-0.3, -0.25) is 13.9 Å². The summed E-state index contributed by atoms with van der Waals surface area (Å²) in [4.78, 5) is 30.0. The first-order valence-electron chi connectivity index (χ1n) is 14.9. The van der Waals surface area contributed by atoms with Crippen LogP contribution in [0.3, 0.4) is 0 Å². The van der Waals surface area contributed by atoms with Crippen LogP contribution in [0.4, 0.5) is 5.69 Å². The number of hydrogen-bond acceptors (Lipinski definition) is 4. The molecule has 4 rings (SSSR count). The van der Waals surface area contributed by atoms with Crippen LogP contribution in [-0.4, -0.2) is 44.3 Å². The molecule has 0 unspecified atom stereocenters. The van der Waals surface area contributed by atoms with Crippen LogP contribution in [0.1, 0.15) is 36.1 Å². The molecule has 0 aromatic heterocycles. The Morgan fingerprint density at radius 2 is 1.43 bits per heavy atom. The summed E-state index contributed by atoms with van der Waals surface area (Å²) >= 11 is 0. The van der Waals surface area contributed by atoms with E-state index in [1.165, 1.54) is 17.0 Å². The normalized spacial score (nSPS) is 12.0. The number of anilines is 1. The van der Waals surface area contributed by atoms with Crippen LogP contribution in [0, 0.1) is 19.8 Å². The van der Waals surface area contributed by atoms with Crippen molar-refractivity contribution in [2.24, 2.45) is 5.92 Å². The molecule has 0 aliphatic heterocycles. The third-order valence-electron chi connectivity index (χ3n) is 7.46. The lowest BCUT2D eigenvalue weighted by molar-refractivity contribution is -0.140. The van der Waals surface area contributed by atoms with Gasteiger partial charge in [-0.25, -0.2) is 8.42 Å². The molecule has 2 amide bonds. The number of carbonyl (C=O) groups is 2. The average Bonchev–Trinajstić information content (AvgIpc) is 3.02. The van der Waals surface area contributed by atoms with Crippen molar-refractivity contribution in [3.05, 3.63) is 131 Å². The predicted octanol–water partition coefficient (Wildman–Crippen LogP) is 5.91. The minimum atomic E-state index is -4.12. The molecule has 7 nitrogen and oxygen atoms in total. The first-order valence-corrected chi connectivity index (χ1v) is 16.3. The average molecular weight is 612 g/mol. The fourth-order valence-corrected chi connectivity index (χ4v) is 6.41. The topological polar surface area (TPSA) is 86.8 Å². The Bertz CT molecular complexity index is 1660. The number of aryl methyl sites for hydroxylation is 2. The molecular weight excluding hydrogens is 570 g/mol. The maximum Gasteiger partial charge on any atom is 0.264 e. The van der Waals surface area contributed by atoms with Gasteiger partial charge in [0.2, 0.25) is 11.8 Å². The van der Waals surface area contributed by atoms with E-state index in [1.54, 1.807) is 36.4 Å². The van der Waals surface area contributed by atoms with E-state index in [0.717, 1.165) is 26.6 Å². The molecule has 1 atom stereocenters. The van der Waals surface area contributed by atoms with Gasteiger partial charge >= 0.3 is 0 Å². The van der Waals surface area contributed by atoms with Crippen LogP contribution < -0.4 is 9.62 Å². The first-order chi connectivity index (χ1) is 21.1. The molecule has 0 aliphatic rings. The molecule has 0 radical (unpaired) electrons. The van der Waals surface area contributed by atoms with Crippen molar-refractivity contribution in [1.29, 1.82) is 0 Å². The summed E-state index contributed by atoms with van der Waals surface area (Å²) < 4.78 is 29.3. The number of nitrogens with one attached hydrogen (secondary N) is 1. The second kappa shape index (κ2) is 14.8. The Balaban J connectivity index is 1.80. The van der Waals surface area contributed by atoms with Crippen LogP contribution >= 0.6 is 0 Å². The molecule has 0 saturated carbocycles. The molecular formula is C36H41N3O4S. The Morgan fingerprint density at radius 3 is 2.07 bits per heavy atom. The first kappa shape index (κ1) is 32.5. The van der Waals surface area contributed by atoms with Gasteiger partial charge in [0.15, 0.2) is 0 Å². The highest BCUT2D eigenvalue weighted by Crippen LogP contribution is 2.26. The van der Waals surface area contributed by atoms with Gasteiger partial charge in [0.25, 0.3) is 10.0 Å². The molecule has 4 aromatic rings. The number of amides is 2. The van der Waals surface area contributed by atoms with E-state index in [0.29, 0.717) is 12.2 Å². The van der Waals surface area contributed by atoms with E-state index in [-0.39, 0.29) is 29.7 Å². The van der Waals surface area contributed by atoms with Crippen molar-refractivity contribution < 1.29 is 18.0 Å². The molecule has 230 valence electrons. The van der Waals surface area contributed by atoms with Crippen molar-refractivity contribution in [3.8, 4) is 0 Å². The van der Waals surface area contributed by atoms with Crippen molar-refractivity contribution in [2.45, 2.75) is 51.6 Å². The predicted molar refractivity (Wildman–Crippen MR) is 176 cm³/mol. The van der Waals surface area contributed by atoms with Crippen molar-refractivity contribution >= 4 is 27.5 Å². The van der Waals surface area contributed by atoms with Gasteiger partial charge in [-0.15, -0.1) is 0 Å². The van der Waals surface area contributed by atoms with Crippen LogP contribution in [0.5, 0.6) is 0 Å². The number of hydrogen-bond donors (Lipinski definition) is 1. The minimum absolute atomic E-state index is 0.0790. The standard InChI is InChI=1S/C36H41N3O4S/c1-27(2)24-37-36(41)34(23-30-16-7-5-8-17-30)38(25-31-18-12-11-15-29(31)4)35(40)26-39(32-19-13-14-28(3)22-32)44(42,43)33-20-9-6-10-21-33/h5-22,27,34H,23-26H2,1-4H3,(H,37,41)/t34-/m1/s1. The highest BCUT2D eigenvalue weighted by molar-refractivity contribution is 7.92. The third kappa shape index (κ3) is 8.35. The highest BCUT2D eigenvalue weighted by atomic mass is 32.2. The largest absolute Gasteiger partial charge is 0.354 e. The van der Waals surface area contributed by atoms with Crippen molar-refractivity contribution in [2.75, 3.05) is 17.4 Å². The fraction of sp³-hybridized carbons (Fsp3) is 0.278. The molecule has 0 spiro atoms. The van der Waals surface area contributed by atoms with Gasteiger partial charge in [-0.1, -0.05) is 98.8 Å². The second-order valence-corrected chi connectivity index (χ2v) is 13.3. The number of rotatable bonds is 13. The molecule has 8 heteroatoms. The zero-order valence-corrected chi connectivity index (χ0v) is 26.6. The Morgan fingerprint density at radius 1 is 0.795 bits per heavy atom. The summed E-state index contributed by atoms with van der Waals surface area (Å²) in [6.07, 6.45) is 0.276. The quantitative estimate of drug-likeness (QED) is 0.204. The lowest BCUT2D eigenvalue weighted by Gasteiger charge is -2.34. The number of carbonyl (C=O) groups excluding carboxylic acids is 2. The maximum atomic E-state index is 14.5. The summed E-state index contributed by atoms with van der Waals surface area (Å²) in [5.74, 6) is -0.544. The van der Waals surface area contributed by atoms with Crippen LogP contribution in [0.25, 0.3) is 0 Å². The second-order valence-electron chi connectivity index (χ2n) is 11.5. The monoisotopic (exact) mass is 611 g/mol. The van der Waals surface area contributed by atoms with Crippen LogP contribution in [0.2, 0.25) is 0 Å². The summed E-state index contributed by atoms with van der Waals surface area (Å²) in [6.45, 7) is 7.97. The zero-order valence-electron chi connectivity index (χ0n) is 25.8. The molecule has 0 bridgehead atoms. The number of sulfonamides is 1. The van der Waals surface area contributed by atoms with E-state index in [1.807, 2.05) is 88.4 Å². The smallest absolute Gasteiger partial charge is 0.264 e. The lowest BCUT2D eigenvalue weighted by Crippen LogP contribution is -2.53. The van der Waals surface area contributed by atoms with E-state index in [9.17, 15) is 18.0 Å². The fourth-order valence-electron chi connectivity index (χ4n) is 4.98. The maximum absolute atomic E-state index is 14.5. The number of nitrogens with zero attached hydrogens (tertiary/aromatic N) is 2. The Kier molecular flexibility index (Phi) is 11.0. The van der Waals surface area contributed by atoms with Crippen molar-refractivity contribution in [1.82, 2.24) is 10.2 Å². The molecule has 1 N–H and O–H groups in total. The Hall–Kier alpha value is -4.43. The van der Waals surface area contributed by atoms with Gasteiger partial charge in [0.1, 0.15) is 12.6 Å². The van der Waals surface area contributed by atoms with Gasteiger partial charge in [0, 0.05) is 19.5 Å². The van der Waals surface area contributed by atoms with Crippen LogP contribution in [0.15, 0.2) is 114 Å². The molecule has 0 aliphatic carbocycles. The summed E-state index contributed by atoms with van der Waals surface area (Å²) in [6, 6.07) is 31.6. The van der Waals surface area contributed by atoms with Gasteiger partial charge in [0.05, 0.1) is 10.6 Å². The molecule has 0 heterocycles. The molecule has 4 aromatic carbocycles. The third-order valence-corrected chi connectivity index (χ3v) is 9.25. The molecule has 0 fully saturated rings. The SMILES string of the molecule is Cc1cccc(N(CC(=O)N(Cc2ccccc2C)[C@H](Cc2ccccc2)C(=O)NCC(C)C)S(=O)(=O)c2ccccc2)c1. The number of benzene rings is 4.